The molecule has 1 fully saturated rings. The van der Waals surface area contributed by atoms with Crippen LogP contribution in [0, 0.1) is 31.4 Å². The Hall–Kier alpha value is -4.32. The molecule has 3 aromatic heterocycles. The number of amides is 1. The number of nitrogens with zero attached hydrogens (tertiary/aromatic N) is 5. The molecule has 0 bridgehead atoms. The highest BCUT2D eigenvalue weighted by Crippen LogP contribution is 2.27. The van der Waals surface area contributed by atoms with Crippen LogP contribution in [-0.4, -0.2) is 51.4 Å². The number of rotatable bonds is 6. The fraction of sp³-hybridized carbons (Fsp3) is 0.345. The first-order valence-corrected chi connectivity index (χ1v) is 13.8. The second-order valence-electron chi connectivity index (χ2n) is 10.2. The smallest absolute Gasteiger partial charge is 0.277 e. The number of guanidine groups is 1. The molecule has 1 saturated heterocycles. The van der Waals surface area contributed by atoms with E-state index in [1.165, 1.54) is 4.57 Å². The number of carbonyl (C=O) groups is 1. The Balaban J connectivity index is 1.35. The van der Waals surface area contributed by atoms with E-state index in [-0.39, 0.29) is 40.9 Å². The van der Waals surface area contributed by atoms with Crippen molar-refractivity contribution in [2.45, 2.75) is 39.3 Å². The van der Waals surface area contributed by atoms with Gasteiger partial charge in [-0.3, -0.25) is 24.1 Å². The first kappa shape index (κ1) is 29.2. The second kappa shape index (κ2) is 12.3. The molecule has 0 spiro atoms. The molecule has 0 aliphatic carbocycles. The molecule has 5 heterocycles. The minimum absolute atomic E-state index is 0.00554. The first-order valence-electron chi connectivity index (χ1n) is 13.5. The Kier molecular flexibility index (Phi) is 8.53. The molecule has 1 atom stereocenters. The van der Waals surface area contributed by atoms with Gasteiger partial charge >= 0.3 is 0 Å². The SMILES string of the molecule is CNC(=O)C1CCN(C2=NC=CC(c3cc(-n4c(C)cc(OCc5ncc(F)cc5F)c(Cl)c4=O)c(C)cn3)N2)CC1. The summed E-state index contributed by atoms with van der Waals surface area (Å²) in [4.78, 5) is 40.4. The lowest BCUT2D eigenvalue weighted by Crippen LogP contribution is -2.48. The van der Waals surface area contributed by atoms with Crippen molar-refractivity contribution in [1.29, 1.82) is 0 Å². The highest BCUT2D eigenvalue weighted by molar-refractivity contribution is 6.31. The van der Waals surface area contributed by atoms with Crippen LogP contribution >= 0.6 is 11.6 Å². The number of carbonyl (C=O) groups excluding carboxylic acids is 1. The summed E-state index contributed by atoms with van der Waals surface area (Å²) in [6.07, 6.45) is 7.65. The van der Waals surface area contributed by atoms with Crippen LogP contribution < -0.4 is 20.9 Å². The predicted molar refractivity (Wildman–Crippen MR) is 154 cm³/mol. The molecule has 220 valence electrons. The lowest BCUT2D eigenvalue weighted by molar-refractivity contribution is -0.125. The summed E-state index contributed by atoms with van der Waals surface area (Å²) in [6, 6.07) is 3.80. The average Bonchev–Trinajstić information content (AvgIpc) is 2.99. The fourth-order valence-electron chi connectivity index (χ4n) is 5.05. The zero-order valence-corrected chi connectivity index (χ0v) is 24.1. The van der Waals surface area contributed by atoms with E-state index in [4.69, 9.17) is 16.3 Å². The van der Waals surface area contributed by atoms with Crippen LogP contribution in [0.4, 0.5) is 8.78 Å². The summed E-state index contributed by atoms with van der Waals surface area (Å²) in [5, 5.41) is 5.95. The molecule has 1 amide bonds. The molecule has 0 aromatic carbocycles. The Bertz CT molecular complexity index is 1630. The fourth-order valence-corrected chi connectivity index (χ4v) is 5.24. The Labute approximate surface area is 246 Å². The van der Waals surface area contributed by atoms with E-state index in [9.17, 15) is 18.4 Å². The van der Waals surface area contributed by atoms with Gasteiger partial charge in [-0.25, -0.2) is 13.8 Å². The second-order valence-corrected chi connectivity index (χ2v) is 10.5. The van der Waals surface area contributed by atoms with Crippen LogP contribution in [0.25, 0.3) is 5.69 Å². The lowest BCUT2D eigenvalue weighted by Gasteiger charge is -2.35. The zero-order valence-electron chi connectivity index (χ0n) is 23.3. The summed E-state index contributed by atoms with van der Waals surface area (Å²) in [5.74, 6) is -0.842. The van der Waals surface area contributed by atoms with Crippen LogP contribution in [0.3, 0.4) is 0 Å². The van der Waals surface area contributed by atoms with Crippen LogP contribution in [0.2, 0.25) is 5.02 Å². The van der Waals surface area contributed by atoms with E-state index in [1.54, 1.807) is 32.4 Å². The standard InChI is InChI=1S/C29H30ClF2N7O3/c1-16-13-35-22(21-4-7-34-29(37-21)38-8-5-18(6-9-38)27(40)33-3)12-24(16)39-17(2)10-25(26(30)28(39)41)42-15-23-20(32)11-19(31)14-36-23/h4,7,10-14,18,21H,5-6,8-9,15H2,1-3H3,(H,33,40)(H,34,37). The number of pyridine rings is 3. The largest absolute Gasteiger partial charge is 0.485 e. The molecule has 42 heavy (non-hydrogen) atoms. The number of ether oxygens (including phenoxy) is 1. The van der Waals surface area contributed by atoms with Gasteiger partial charge in [0.2, 0.25) is 5.91 Å². The number of nitrogens with one attached hydrogen (secondary N) is 2. The maximum Gasteiger partial charge on any atom is 0.277 e. The average molecular weight is 598 g/mol. The van der Waals surface area contributed by atoms with Crippen molar-refractivity contribution in [3.63, 3.8) is 0 Å². The van der Waals surface area contributed by atoms with Gasteiger partial charge in [0.05, 0.1) is 23.6 Å². The number of hydrogen-bond donors (Lipinski definition) is 2. The van der Waals surface area contributed by atoms with Gasteiger partial charge in [0.15, 0.2) is 11.8 Å². The summed E-state index contributed by atoms with van der Waals surface area (Å²) in [5.41, 5.74) is 1.90. The molecule has 5 rings (SSSR count). The number of aryl methyl sites for hydroxylation is 2. The normalized spacial score (nSPS) is 17.0. The summed E-state index contributed by atoms with van der Waals surface area (Å²) >= 11 is 6.42. The maximum absolute atomic E-state index is 14.0. The molecule has 13 heteroatoms. The highest BCUT2D eigenvalue weighted by Gasteiger charge is 2.28. The van der Waals surface area contributed by atoms with Gasteiger partial charge in [-0.05, 0) is 44.4 Å². The van der Waals surface area contributed by atoms with Crippen molar-refractivity contribution >= 4 is 23.5 Å². The third kappa shape index (κ3) is 5.98. The highest BCUT2D eigenvalue weighted by atomic mass is 35.5. The van der Waals surface area contributed by atoms with E-state index in [0.29, 0.717) is 42.2 Å². The topological polar surface area (TPSA) is 114 Å². The van der Waals surface area contributed by atoms with Gasteiger partial charge in [0, 0.05) is 56.3 Å². The molecule has 2 aliphatic rings. The van der Waals surface area contributed by atoms with Crippen molar-refractivity contribution in [1.82, 2.24) is 30.1 Å². The van der Waals surface area contributed by atoms with Crippen molar-refractivity contribution in [2.75, 3.05) is 20.1 Å². The summed E-state index contributed by atoms with van der Waals surface area (Å²) in [6.45, 7) is 4.63. The molecule has 2 aliphatic heterocycles. The quantitative estimate of drug-likeness (QED) is 0.445. The van der Waals surface area contributed by atoms with Crippen LogP contribution in [-0.2, 0) is 11.4 Å². The number of likely N-dealkylation sites (tertiary alicyclic amines) is 1. The predicted octanol–water partition coefficient (Wildman–Crippen LogP) is 3.73. The van der Waals surface area contributed by atoms with Gasteiger partial charge < -0.3 is 20.3 Å². The van der Waals surface area contributed by atoms with Crippen molar-refractivity contribution in [3.8, 4) is 11.4 Å². The van der Waals surface area contributed by atoms with Gasteiger partial charge in [-0.15, -0.1) is 0 Å². The molecule has 0 radical (unpaired) electrons. The van der Waals surface area contributed by atoms with E-state index in [0.717, 1.165) is 24.6 Å². The summed E-state index contributed by atoms with van der Waals surface area (Å²) in [7, 11) is 1.65. The molecule has 3 aromatic rings. The number of hydrogen-bond acceptors (Lipinski definition) is 8. The van der Waals surface area contributed by atoms with Crippen LogP contribution in [0.5, 0.6) is 5.75 Å². The van der Waals surface area contributed by atoms with E-state index >= 15 is 0 Å². The molecule has 1 unspecified atom stereocenters. The number of aliphatic imine (C=N–C) groups is 1. The Morgan fingerprint density at radius 2 is 1.93 bits per heavy atom. The van der Waals surface area contributed by atoms with Crippen molar-refractivity contribution in [2.24, 2.45) is 10.9 Å². The molecular formula is C29H30ClF2N7O3. The third-order valence-electron chi connectivity index (χ3n) is 7.38. The molecular weight excluding hydrogens is 568 g/mol. The van der Waals surface area contributed by atoms with Crippen LogP contribution in [0.1, 0.15) is 41.5 Å². The third-order valence-corrected chi connectivity index (χ3v) is 7.72. The minimum Gasteiger partial charge on any atom is -0.485 e. The van der Waals surface area contributed by atoms with Gasteiger partial charge in [-0.2, -0.15) is 0 Å². The van der Waals surface area contributed by atoms with Gasteiger partial charge in [-0.1, -0.05) is 11.6 Å². The molecule has 2 N–H and O–H groups in total. The minimum atomic E-state index is -0.858. The Morgan fingerprint density at radius 1 is 1.17 bits per heavy atom. The van der Waals surface area contributed by atoms with E-state index in [1.807, 2.05) is 19.1 Å². The zero-order chi connectivity index (χ0) is 30.0. The van der Waals surface area contributed by atoms with Crippen molar-refractivity contribution < 1.29 is 18.3 Å². The van der Waals surface area contributed by atoms with Gasteiger partial charge in [0.25, 0.3) is 5.56 Å². The maximum atomic E-state index is 14.0. The van der Waals surface area contributed by atoms with E-state index in [2.05, 4.69) is 30.5 Å². The number of piperidine rings is 1. The number of aromatic nitrogens is 3. The Morgan fingerprint density at radius 3 is 2.64 bits per heavy atom. The van der Waals surface area contributed by atoms with Crippen molar-refractivity contribution in [3.05, 3.63) is 92.5 Å². The number of halogens is 3. The first-order chi connectivity index (χ1) is 20.2. The summed E-state index contributed by atoms with van der Waals surface area (Å²) < 4.78 is 34.2. The monoisotopic (exact) mass is 597 g/mol. The lowest BCUT2D eigenvalue weighted by atomic mass is 9.96. The molecule has 10 nitrogen and oxygen atoms in total. The molecule has 0 saturated carbocycles. The van der Waals surface area contributed by atoms with E-state index < -0.39 is 17.2 Å². The van der Waals surface area contributed by atoms with Gasteiger partial charge in [0.1, 0.15) is 28.9 Å². The van der Waals surface area contributed by atoms with Crippen LogP contribution in [0.15, 0.2) is 52.7 Å².